The van der Waals surface area contributed by atoms with Crippen LogP contribution in [0.1, 0.15) is 29.5 Å². The zero-order valence-corrected chi connectivity index (χ0v) is 10.2. The molecule has 0 radical (unpaired) electrons. The Morgan fingerprint density at radius 1 is 1.38 bits per heavy atom. The Bertz CT molecular complexity index is 362. The lowest BCUT2D eigenvalue weighted by Crippen LogP contribution is -2.31. The molecule has 88 valence electrons. The fourth-order valence-electron chi connectivity index (χ4n) is 2.50. The van der Waals surface area contributed by atoms with Gasteiger partial charge < -0.3 is 5.11 Å². The number of rotatable bonds is 3. The van der Waals surface area contributed by atoms with Gasteiger partial charge in [-0.3, -0.25) is 4.90 Å². The minimum Gasteiger partial charge on any atom is -0.395 e. The highest BCUT2D eigenvalue weighted by Crippen LogP contribution is 2.21. The SMILES string of the molecule is Cc1ccc(C)c(CN2CCC[C@@H]2CO)c1. The number of hydrogen-bond donors (Lipinski definition) is 1. The van der Waals surface area contributed by atoms with Crippen molar-refractivity contribution in [1.29, 1.82) is 0 Å². The van der Waals surface area contributed by atoms with Crippen molar-refractivity contribution in [3.8, 4) is 0 Å². The van der Waals surface area contributed by atoms with Gasteiger partial charge in [0.2, 0.25) is 0 Å². The molecule has 0 amide bonds. The van der Waals surface area contributed by atoms with Crippen molar-refractivity contribution < 1.29 is 5.11 Å². The van der Waals surface area contributed by atoms with E-state index in [0.717, 1.165) is 19.5 Å². The van der Waals surface area contributed by atoms with Gasteiger partial charge in [0, 0.05) is 12.6 Å². The van der Waals surface area contributed by atoms with Crippen LogP contribution in [0.25, 0.3) is 0 Å². The molecule has 0 saturated carbocycles. The van der Waals surface area contributed by atoms with E-state index in [1.165, 1.54) is 23.1 Å². The Morgan fingerprint density at radius 3 is 2.94 bits per heavy atom. The summed E-state index contributed by atoms with van der Waals surface area (Å²) in [7, 11) is 0. The van der Waals surface area contributed by atoms with E-state index < -0.39 is 0 Å². The molecule has 1 N–H and O–H groups in total. The van der Waals surface area contributed by atoms with E-state index in [2.05, 4.69) is 36.9 Å². The highest BCUT2D eigenvalue weighted by Gasteiger charge is 2.23. The van der Waals surface area contributed by atoms with Crippen LogP contribution in [0, 0.1) is 13.8 Å². The molecule has 0 aliphatic carbocycles. The highest BCUT2D eigenvalue weighted by atomic mass is 16.3. The summed E-state index contributed by atoms with van der Waals surface area (Å²) in [6.45, 7) is 6.71. The molecular weight excluding hydrogens is 198 g/mol. The maximum absolute atomic E-state index is 9.30. The van der Waals surface area contributed by atoms with Crippen molar-refractivity contribution in [3.05, 3.63) is 34.9 Å². The Kier molecular flexibility index (Phi) is 3.62. The molecular formula is C14H21NO. The minimum absolute atomic E-state index is 0.296. The van der Waals surface area contributed by atoms with Gasteiger partial charge in [0.1, 0.15) is 0 Å². The van der Waals surface area contributed by atoms with Gasteiger partial charge in [-0.2, -0.15) is 0 Å². The average Bonchev–Trinajstić information content (AvgIpc) is 2.71. The van der Waals surface area contributed by atoms with E-state index >= 15 is 0 Å². The summed E-state index contributed by atoms with van der Waals surface area (Å²) in [6.07, 6.45) is 2.36. The van der Waals surface area contributed by atoms with Crippen molar-refractivity contribution >= 4 is 0 Å². The number of likely N-dealkylation sites (tertiary alicyclic amines) is 1. The topological polar surface area (TPSA) is 23.5 Å². The normalized spacial score (nSPS) is 21.6. The molecule has 1 aromatic rings. The van der Waals surface area contributed by atoms with E-state index in [0.29, 0.717) is 12.6 Å². The quantitative estimate of drug-likeness (QED) is 0.843. The zero-order valence-electron chi connectivity index (χ0n) is 10.2. The summed E-state index contributed by atoms with van der Waals surface area (Å²) >= 11 is 0. The third-order valence-corrected chi connectivity index (χ3v) is 3.59. The maximum Gasteiger partial charge on any atom is 0.0587 e. The van der Waals surface area contributed by atoms with Crippen LogP contribution in [-0.2, 0) is 6.54 Å². The van der Waals surface area contributed by atoms with Gasteiger partial charge in [-0.25, -0.2) is 0 Å². The molecule has 1 heterocycles. The minimum atomic E-state index is 0.296. The lowest BCUT2D eigenvalue weighted by Gasteiger charge is -2.23. The van der Waals surface area contributed by atoms with E-state index in [1.807, 2.05) is 0 Å². The predicted octanol–water partition coefficient (Wildman–Crippen LogP) is 2.26. The van der Waals surface area contributed by atoms with Crippen molar-refractivity contribution in [2.75, 3.05) is 13.2 Å². The first-order chi connectivity index (χ1) is 7.70. The summed E-state index contributed by atoms with van der Waals surface area (Å²) in [6, 6.07) is 6.99. The molecule has 1 aliphatic rings. The van der Waals surface area contributed by atoms with E-state index in [-0.39, 0.29) is 0 Å². The molecule has 2 heteroatoms. The highest BCUT2D eigenvalue weighted by molar-refractivity contribution is 5.30. The molecule has 1 aliphatic heterocycles. The number of nitrogens with zero attached hydrogens (tertiary/aromatic N) is 1. The molecule has 1 fully saturated rings. The third kappa shape index (κ3) is 2.45. The Morgan fingerprint density at radius 2 is 2.19 bits per heavy atom. The molecule has 0 bridgehead atoms. The second kappa shape index (κ2) is 4.98. The van der Waals surface area contributed by atoms with Gasteiger partial charge in [0.15, 0.2) is 0 Å². The molecule has 16 heavy (non-hydrogen) atoms. The summed E-state index contributed by atoms with van der Waals surface area (Å²) in [5, 5.41) is 9.30. The van der Waals surface area contributed by atoms with Crippen molar-refractivity contribution in [3.63, 3.8) is 0 Å². The number of aliphatic hydroxyl groups is 1. The standard InChI is InChI=1S/C14H21NO/c1-11-5-6-12(2)13(8-11)9-15-7-3-4-14(15)10-16/h5-6,8,14,16H,3-4,7,9-10H2,1-2H3/t14-/m1/s1. The lowest BCUT2D eigenvalue weighted by atomic mass is 10.0. The predicted molar refractivity (Wildman–Crippen MR) is 66.4 cm³/mol. The Hall–Kier alpha value is -0.860. The molecule has 2 rings (SSSR count). The number of hydrogen-bond acceptors (Lipinski definition) is 2. The zero-order chi connectivity index (χ0) is 11.5. The van der Waals surface area contributed by atoms with E-state index in [9.17, 15) is 5.11 Å². The average molecular weight is 219 g/mol. The fourth-order valence-corrected chi connectivity index (χ4v) is 2.50. The summed E-state index contributed by atoms with van der Waals surface area (Å²) in [5.74, 6) is 0. The molecule has 1 aromatic carbocycles. The Balaban J connectivity index is 2.11. The number of aliphatic hydroxyl groups excluding tert-OH is 1. The summed E-state index contributed by atoms with van der Waals surface area (Å²) in [4.78, 5) is 2.40. The number of benzene rings is 1. The van der Waals surface area contributed by atoms with Crippen LogP contribution in [0.15, 0.2) is 18.2 Å². The van der Waals surface area contributed by atoms with Crippen LogP contribution in [0.4, 0.5) is 0 Å². The van der Waals surface area contributed by atoms with Crippen molar-refractivity contribution in [2.45, 2.75) is 39.3 Å². The monoisotopic (exact) mass is 219 g/mol. The third-order valence-electron chi connectivity index (χ3n) is 3.59. The van der Waals surface area contributed by atoms with E-state index in [4.69, 9.17) is 0 Å². The first-order valence-electron chi connectivity index (χ1n) is 6.11. The van der Waals surface area contributed by atoms with Crippen LogP contribution in [0.5, 0.6) is 0 Å². The van der Waals surface area contributed by atoms with Gasteiger partial charge in [-0.15, -0.1) is 0 Å². The van der Waals surface area contributed by atoms with Crippen LogP contribution < -0.4 is 0 Å². The van der Waals surface area contributed by atoms with E-state index in [1.54, 1.807) is 0 Å². The van der Waals surface area contributed by atoms with Gasteiger partial charge in [0.25, 0.3) is 0 Å². The molecule has 0 aromatic heterocycles. The summed E-state index contributed by atoms with van der Waals surface area (Å²) in [5.41, 5.74) is 4.08. The van der Waals surface area contributed by atoms with Crippen LogP contribution in [-0.4, -0.2) is 29.2 Å². The Labute approximate surface area is 97.9 Å². The summed E-state index contributed by atoms with van der Waals surface area (Å²) < 4.78 is 0. The van der Waals surface area contributed by atoms with Crippen molar-refractivity contribution in [1.82, 2.24) is 4.90 Å². The molecule has 1 saturated heterocycles. The van der Waals surface area contributed by atoms with Gasteiger partial charge >= 0.3 is 0 Å². The molecule has 0 unspecified atom stereocenters. The fraction of sp³-hybridized carbons (Fsp3) is 0.571. The van der Waals surface area contributed by atoms with Crippen LogP contribution >= 0.6 is 0 Å². The second-order valence-electron chi connectivity index (χ2n) is 4.88. The van der Waals surface area contributed by atoms with Gasteiger partial charge in [-0.1, -0.05) is 23.8 Å². The largest absolute Gasteiger partial charge is 0.395 e. The molecule has 2 nitrogen and oxygen atoms in total. The van der Waals surface area contributed by atoms with Gasteiger partial charge in [0.05, 0.1) is 6.61 Å². The maximum atomic E-state index is 9.30. The second-order valence-corrected chi connectivity index (χ2v) is 4.88. The molecule has 1 atom stereocenters. The van der Waals surface area contributed by atoms with Crippen LogP contribution in [0.2, 0.25) is 0 Å². The number of aryl methyl sites for hydroxylation is 2. The first kappa shape index (κ1) is 11.6. The van der Waals surface area contributed by atoms with Crippen LogP contribution in [0.3, 0.4) is 0 Å². The van der Waals surface area contributed by atoms with Crippen molar-refractivity contribution in [2.24, 2.45) is 0 Å². The smallest absolute Gasteiger partial charge is 0.0587 e. The first-order valence-corrected chi connectivity index (χ1v) is 6.11. The lowest BCUT2D eigenvalue weighted by molar-refractivity contribution is 0.153. The molecule has 0 spiro atoms. The van der Waals surface area contributed by atoms with Gasteiger partial charge in [-0.05, 0) is 44.4 Å².